The molecule has 0 saturated carbocycles. The molecule has 0 amide bonds. The van der Waals surface area contributed by atoms with Crippen LogP contribution < -0.4 is 15.8 Å². The molecular formula is C13H21N3O3S. The normalized spacial score (nSPS) is 19.6. The number of rotatable bonds is 4. The van der Waals surface area contributed by atoms with E-state index in [-0.39, 0.29) is 11.5 Å². The second-order valence-electron chi connectivity index (χ2n) is 5.32. The third-order valence-corrected chi connectivity index (χ3v) is 4.86. The van der Waals surface area contributed by atoms with Crippen molar-refractivity contribution >= 4 is 21.4 Å². The van der Waals surface area contributed by atoms with Gasteiger partial charge in [0.25, 0.3) is 0 Å². The molecule has 5 N–H and O–H groups in total. The lowest BCUT2D eigenvalue weighted by Gasteiger charge is -2.23. The van der Waals surface area contributed by atoms with Gasteiger partial charge in [0.1, 0.15) is 0 Å². The number of nitrogens with two attached hydrogens (primary N) is 2. The Morgan fingerprint density at radius 1 is 1.45 bits per heavy atom. The van der Waals surface area contributed by atoms with Crippen LogP contribution in [-0.2, 0) is 10.0 Å². The van der Waals surface area contributed by atoms with Gasteiger partial charge in [-0.15, -0.1) is 0 Å². The number of aliphatic hydroxyl groups is 1. The second kappa shape index (κ2) is 5.59. The van der Waals surface area contributed by atoms with Gasteiger partial charge in [-0.25, -0.2) is 13.6 Å². The van der Waals surface area contributed by atoms with Crippen molar-refractivity contribution < 1.29 is 13.5 Å². The largest absolute Gasteiger partial charge is 0.399 e. The first-order chi connectivity index (χ1) is 9.32. The van der Waals surface area contributed by atoms with Crippen LogP contribution in [0.4, 0.5) is 11.4 Å². The molecule has 1 aliphatic rings. The summed E-state index contributed by atoms with van der Waals surface area (Å²) in [5.41, 5.74) is 7.63. The number of hydrogen-bond donors (Lipinski definition) is 3. The average Bonchev–Trinajstić information content (AvgIpc) is 2.79. The number of anilines is 2. The van der Waals surface area contributed by atoms with E-state index in [1.165, 1.54) is 6.07 Å². The minimum absolute atomic E-state index is 0.0816. The molecule has 2 rings (SSSR count). The van der Waals surface area contributed by atoms with E-state index in [0.717, 1.165) is 31.6 Å². The van der Waals surface area contributed by atoms with Gasteiger partial charge < -0.3 is 15.7 Å². The topological polar surface area (TPSA) is 110 Å². The van der Waals surface area contributed by atoms with Crippen LogP contribution in [0.1, 0.15) is 18.4 Å². The molecule has 1 aliphatic heterocycles. The van der Waals surface area contributed by atoms with E-state index >= 15 is 0 Å². The maximum absolute atomic E-state index is 11.6. The van der Waals surface area contributed by atoms with Gasteiger partial charge in [-0.3, -0.25) is 0 Å². The molecule has 0 spiro atoms. The Morgan fingerprint density at radius 2 is 2.15 bits per heavy atom. The highest BCUT2D eigenvalue weighted by atomic mass is 32.2. The van der Waals surface area contributed by atoms with Crippen LogP contribution in [0.25, 0.3) is 0 Å². The van der Waals surface area contributed by atoms with Crippen molar-refractivity contribution in [3.05, 3.63) is 17.7 Å². The fourth-order valence-electron chi connectivity index (χ4n) is 2.79. The van der Waals surface area contributed by atoms with E-state index in [2.05, 4.69) is 4.90 Å². The summed E-state index contributed by atoms with van der Waals surface area (Å²) in [6.07, 6.45) is 1.75. The Morgan fingerprint density at radius 3 is 2.75 bits per heavy atom. The lowest BCUT2D eigenvalue weighted by molar-refractivity contribution is 0.263. The molecule has 0 bridgehead atoms. The summed E-state index contributed by atoms with van der Waals surface area (Å²) in [6.45, 7) is 3.55. The Kier molecular flexibility index (Phi) is 4.22. The third-order valence-electron chi connectivity index (χ3n) is 3.83. The van der Waals surface area contributed by atoms with E-state index in [1.807, 2.05) is 0 Å². The minimum Gasteiger partial charge on any atom is -0.399 e. The summed E-state index contributed by atoms with van der Waals surface area (Å²) < 4.78 is 23.2. The van der Waals surface area contributed by atoms with Crippen LogP contribution in [-0.4, -0.2) is 33.2 Å². The summed E-state index contributed by atoms with van der Waals surface area (Å²) >= 11 is 0. The van der Waals surface area contributed by atoms with Gasteiger partial charge in [0.2, 0.25) is 10.0 Å². The molecule has 7 heteroatoms. The summed E-state index contributed by atoms with van der Waals surface area (Å²) in [4.78, 5) is 2.19. The molecule has 1 heterocycles. The molecule has 6 nitrogen and oxygen atoms in total. The van der Waals surface area contributed by atoms with Crippen molar-refractivity contribution in [2.45, 2.75) is 24.7 Å². The molecule has 1 unspecified atom stereocenters. The first kappa shape index (κ1) is 15.1. The fraction of sp³-hybridized carbons (Fsp3) is 0.538. The number of hydrogen-bond acceptors (Lipinski definition) is 5. The monoisotopic (exact) mass is 299 g/mol. The standard InChI is InChI=1S/C13H21N3O3S/c1-9-12(16-4-2-10(8-16)3-5-17)6-11(14)7-13(9)20(15,18)19/h6-7,10,17H,2-5,8,14H2,1H3,(H2,15,18,19). The number of nitrogens with zero attached hydrogens (tertiary/aromatic N) is 1. The SMILES string of the molecule is Cc1c(N2CCC(CCO)C2)cc(N)cc1S(N)(=O)=O. The van der Waals surface area contributed by atoms with E-state index < -0.39 is 10.0 Å². The Balaban J connectivity index is 2.36. The smallest absolute Gasteiger partial charge is 0.238 e. The number of primary sulfonamides is 1. The summed E-state index contributed by atoms with van der Waals surface area (Å²) in [7, 11) is -3.78. The summed E-state index contributed by atoms with van der Waals surface area (Å²) in [5, 5.41) is 14.2. The fourth-order valence-corrected chi connectivity index (χ4v) is 3.62. The minimum atomic E-state index is -3.78. The number of aliphatic hydroxyl groups excluding tert-OH is 1. The van der Waals surface area contributed by atoms with Crippen molar-refractivity contribution in [2.75, 3.05) is 30.3 Å². The molecular weight excluding hydrogens is 278 g/mol. The van der Waals surface area contributed by atoms with E-state index in [1.54, 1.807) is 13.0 Å². The van der Waals surface area contributed by atoms with Crippen LogP contribution in [0.3, 0.4) is 0 Å². The zero-order chi connectivity index (χ0) is 14.9. The third kappa shape index (κ3) is 3.05. The van der Waals surface area contributed by atoms with Crippen LogP contribution in [0, 0.1) is 12.8 Å². The van der Waals surface area contributed by atoms with Gasteiger partial charge in [-0.2, -0.15) is 0 Å². The van der Waals surface area contributed by atoms with Gasteiger partial charge in [-0.1, -0.05) is 0 Å². The van der Waals surface area contributed by atoms with Crippen molar-refractivity contribution in [3.63, 3.8) is 0 Å². The molecule has 0 aliphatic carbocycles. The predicted octanol–water partition coefficient (Wildman–Crippen LogP) is 0.433. The van der Waals surface area contributed by atoms with Gasteiger partial charge >= 0.3 is 0 Å². The number of nitrogen functional groups attached to an aromatic ring is 1. The van der Waals surface area contributed by atoms with Crippen LogP contribution >= 0.6 is 0 Å². The molecule has 1 aromatic rings. The van der Waals surface area contributed by atoms with Gasteiger partial charge in [0.15, 0.2) is 0 Å². The van der Waals surface area contributed by atoms with Gasteiger partial charge in [-0.05, 0) is 43.4 Å². The quantitative estimate of drug-likeness (QED) is 0.699. The van der Waals surface area contributed by atoms with Crippen molar-refractivity contribution in [3.8, 4) is 0 Å². The maximum atomic E-state index is 11.6. The van der Waals surface area contributed by atoms with Crippen LogP contribution in [0.2, 0.25) is 0 Å². The Bertz CT molecular complexity index is 601. The summed E-state index contributed by atoms with van der Waals surface area (Å²) in [6, 6.07) is 3.18. The highest BCUT2D eigenvalue weighted by Gasteiger charge is 2.25. The van der Waals surface area contributed by atoms with Gasteiger partial charge in [0.05, 0.1) is 4.90 Å². The van der Waals surface area contributed by atoms with E-state index in [0.29, 0.717) is 17.2 Å². The Labute approximate surface area is 119 Å². The van der Waals surface area contributed by atoms with Crippen LogP contribution in [0.5, 0.6) is 0 Å². The van der Waals surface area contributed by atoms with Crippen molar-refractivity contribution in [1.29, 1.82) is 0 Å². The van der Waals surface area contributed by atoms with E-state index in [9.17, 15) is 8.42 Å². The van der Waals surface area contributed by atoms with Crippen LogP contribution in [0.15, 0.2) is 17.0 Å². The lowest BCUT2D eigenvalue weighted by atomic mass is 10.1. The van der Waals surface area contributed by atoms with Crippen molar-refractivity contribution in [1.82, 2.24) is 0 Å². The van der Waals surface area contributed by atoms with Gasteiger partial charge in [0, 0.05) is 31.1 Å². The maximum Gasteiger partial charge on any atom is 0.238 e. The Hall–Kier alpha value is -1.31. The molecule has 0 radical (unpaired) electrons. The molecule has 1 aromatic carbocycles. The molecule has 0 aromatic heterocycles. The number of benzene rings is 1. The van der Waals surface area contributed by atoms with E-state index in [4.69, 9.17) is 16.0 Å². The zero-order valence-corrected chi connectivity index (χ0v) is 12.4. The lowest BCUT2D eigenvalue weighted by Crippen LogP contribution is -2.23. The molecule has 1 fully saturated rings. The molecule has 20 heavy (non-hydrogen) atoms. The highest BCUT2D eigenvalue weighted by molar-refractivity contribution is 7.89. The number of sulfonamides is 1. The molecule has 1 saturated heterocycles. The zero-order valence-electron chi connectivity index (χ0n) is 11.5. The first-order valence-electron chi connectivity index (χ1n) is 6.61. The van der Waals surface area contributed by atoms with Crippen molar-refractivity contribution in [2.24, 2.45) is 11.1 Å². The first-order valence-corrected chi connectivity index (χ1v) is 8.16. The molecule has 1 atom stereocenters. The molecule has 112 valence electrons. The predicted molar refractivity (Wildman–Crippen MR) is 79.0 cm³/mol. The highest BCUT2D eigenvalue weighted by Crippen LogP contribution is 2.33. The average molecular weight is 299 g/mol. The second-order valence-corrected chi connectivity index (χ2v) is 6.85. The summed E-state index contributed by atoms with van der Waals surface area (Å²) in [5.74, 6) is 0.429.